The summed E-state index contributed by atoms with van der Waals surface area (Å²) < 4.78 is 12.8. The summed E-state index contributed by atoms with van der Waals surface area (Å²) in [5, 5.41) is 13.2. The van der Waals surface area contributed by atoms with Gasteiger partial charge in [0, 0.05) is 42.9 Å². The first kappa shape index (κ1) is 23.0. The summed E-state index contributed by atoms with van der Waals surface area (Å²) in [4.78, 5) is 15.5. The monoisotopic (exact) mass is 494 g/mol. The average Bonchev–Trinajstić information content (AvgIpc) is 3.45. The van der Waals surface area contributed by atoms with E-state index in [4.69, 9.17) is 9.15 Å². The maximum atomic E-state index is 13.2. The molecule has 1 fully saturated rings. The van der Waals surface area contributed by atoms with E-state index in [1.54, 1.807) is 23.1 Å². The molecular formula is C25H26N4O3S2. The van der Waals surface area contributed by atoms with Crippen LogP contribution in [0.1, 0.15) is 26.7 Å². The van der Waals surface area contributed by atoms with Crippen molar-refractivity contribution in [1.82, 2.24) is 20.4 Å². The quantitative estimate of drug-likeness (QED) is 0.361. The van der Waals surface area contributed by atoms with Crippen LogP contribution >= 0.6 is 23.1 Å². The van der Waals surface area contributed by atoms with Crippen LogP contribution in [-0.2, 0) is 17.0 Å². The second-order valence-electron chi connectivity index (χ2n) is 8.21. The zero-order valence-electron chi connectivity index (χ0n) is 18.9. The smallest absolute Gasteiger partial charge is 0.287 e. The number of morpholine rings is 1. The molecular weight excluding hydrogens is 468 g/mol. The third kappa shape index (κ3) is 5.50. The van der Waals surface area contributed by atoms with E-state index in [1.165, 1.54) is 5.56 Å². The standard InChI is InChI=1S/C25H26N4O3S2/c1-17-27-28-25(34-17)33-16-21-20-9-5-6-10-22(20)32-23(21)24(30)26-13-19-15-29(11-12-31-19)14-18-7-3-2-4-8-18/h2-10,19H,11-16H2,1H3,(H,26,30). The highest BCUT2D eigenvalue weighted by Crippen LogP contribution is 2.33. The van der Waals surface area contributed by atoms with Gasteiger partial charge in [-0.15, -0.1) is 10.2 Å². The number of carbonyl (C=O) groups is 1. The fourth-order valence-electron chi connectivity index (χ4n) is 4.07. The Morgan fingerprint density at radius 2 is 2.00 bits per heavy atom. The predicted octanol–water partition coefficient (Wildman–Crippen LogP) is 4.52. The number of furan rings is 1. The highest BCUT2D eigenvalue weighted by atomic mass is 32.2. The first-order valence-electron chi connectivity index (χ1n) is 11.2. The normalized spacial score (nSPS) is 16.7. The van der Waals surface area contributed by atoms with Gasteiger partial charge < -0.3 is 14.5 Å². The Labute approximate surface area is 206 Å². The number of thioether (sulfide) groups is 1. The lowest BCUT2D eigenvalue weighted by atomic mass is 10.1. The molecule has 1 amide bonds. The summed E-state index contributed by atoms with van der Waals surface area (Å²) in [6.07, 6.45) is -0.0621. The number of aromatic nitrogens is 2. The molecule has 9 heteroatoms. The van der Waals surface area contributed by atoms with Gasteiger partial charge in [-0.3, -0.25) is 9.69 Å². The number of nitrogens with zero attached hydrogens (tertiary/aromatic N) is 3. The van der Waals surface area contributed by atoms with Gasteiger partial charge in [0.1, 0.15) is 10.6 Å². The Balaban J connectivity index is 1.24. The molecule has 0 bridgehead atoms. The van der Waals surface area contributed by atoms with Crippen LogP contribution in [0.25, 0.3) is 11.0 Å². The Kier molecular flexibility index (Phi) is 7.24. The van der Waals surface area contributed by atoms with Gasteiger partial charge in [0.05, 0.1) is 12.7 Å². The van der Waals surface area contributed by atoms with Crippen molar-refractivity contribution in [3.8, 4) is 0 Å². The number of rotatable bonds is 8. The number of amides is 1. The molecule has 1 aliphatic heterocycles. The van der Waals surface area contributed by atoms with Crippen LogP contribution < -0.4 is 5.32 Å². The van der Waals surface area contributed by atoms with Crippen LogP contribution in [0.4, 0.5) is 0 Å². The minimum atomic E-state index is -0.218. The number of benzene rings is 2. The van der Waals surface area contributed by atoms with Gasteiger partial charge in [-0.1, -0.05) is 71.6 Å². The number of carbonyl (C=O) groups excluding carboxylic acids is 1. The summed E-state index contributed by atoms with van der Waals surface area (Å²) in [5.74, 6) is 0.718. The van der Waals surface area contributed by atoms with E-state index in [2.05, 4.69) is 44.7 Å². The van der Waals surface area contributed by atoms with E-state index in [1.807, 2.05) is 37.3 Å². The fourth-order valence-corrected chi connectivity index (χ4v) is 5.92. The number of hydrogen-bond acceptors (Lipinski definition) is 8. The van der Waals surface area contributed by atoms with Crippen LogP contribution in [0, 0.1) is 6.92 Å². The molecule has 0 radical (unpaired) electrons. The van der Waals surface area contributed by atoms with Crippen molar-refractivity contribution in [3.05, 3.63) is 76.5 Å². The molecule has 1 atom stereocenters. The van der Waals surface area contributed by atoms with Crippen LogP contribution in [0.5, 0.6) is 0 Å². The van der Waals surface area contributed by atoms with Crippen LogP contribution in [0.2, 0.25) is 0 Å². The van der Waals surface area contributed by atoms with E-state index in [-0.39, 0.29) is 12.0 Å². The summed E-state index contributed by atoms with van der Waals surface area (Å²) >= 11 is 3.11. The molecule has 0 spiro atoms. The summed E-state index contributed by atoms with van der Waals surface area (Å²) in [7, 11) is 0. The van der Waals surface area contributed by atoms with Gasteiger partial charge in [-0.2, -0.15) is 0 Å². The molecule has 0 saturated carbocycles. The summed E-state index contributed by atoms with van der Waals surface area (Å²) in [5.41, 5.74) is 2.86. The predicted molar refractivity (Wildman–Crippen MR) is 134 cm³/mol. The maximum Gasteiger partial charge on any atom is 0.287 e. The molecule has 3 heterocycles. The molecule has 176 valence electrons. The van der Waals surface area contributed by atoms with E-state index in [9.17, 15) is 4.79 Å². The molecule has 1 aliphatic rings. The Bertz CT molecular complexity index is 1260. The third-order valence-electron chi connectivity index (χ3n) is 5.71. The number of fused-ring (bicyclic) bond motifs is 1. The molecule has 1 N–H and O–H groups in total. The van der Waals surface area contributed by atoms with Gasteiger partial charge in [0.15, 0.2) is 10.1 Å². The number of hydrogen-bond donors (Lipinski definition) is 1. The Morgan fingerprint density at radius 1 is 1.18 bits per heavy atom. The first-order valence-corrected chi connectivity index (χ1v) is 13.1. The van der Waals surface area contributed by atoms with Crippen molar-refractivity contribution in [2.24, 2.45) is 0 Å². The van der Waals surface area contributed by atoms with Crippen molar-refractivity contribution >= 4 is 40.0 Å². The summed E-state index contributed by atoms with van der Waals surface area (Å²) in [6, 6.07) is 18.2. The van der Waals surface area contributed by atoms with Crippen LogP contribution in [0.15, 0.2) is 63.4 Å². The van der Waals surface area contributed by atoms with Gasteiger partial charge in [-0.05, 0) is 18.6 Å². The third-order valence-corrected chi connectivity index (χ3v) is 7.71. The highest BCUT2D eigenvalue weighted by molar-refractivity contribution is 8.00. The van der Waals surface area contributed by atoms with Crippen molar-refractivity contribution in [2.45, 2.75) is 29.7 Å². The van der Waals surface area contributed by atoms with E-state index >= 15 is 0 Å². The molecule has 2 aromatic carbocycles. The molecule has 4 aromatic rings. The molecule has 34 heavy (non-hydrogen) atoms. The van der Waals surface area contributed by atoms with Gasteiger partial charge in [0.2, 0.25) is 0 Å². The minimum Gasteiger partial charge on any atom is -0.451 e. The van der Waals surface area contributed by atoms with Gasteiger partial charge in [-0.25, -0.2) is 0 Å². The van der Waals surface area contributed by atoms with E-state index in [0.29, 0.717) is 30.2 Å². The lowest BCUT2D eigenvalue weighted by molar-refractivity contribution is -0.0293. The van der Waals surface area contributed by atoms with E-state index in [0.717, 1.165) is 39.9 Å². The summed E-state index contributed by atoms with van der Waals surface area (Å²) in [6.45, 7) is 5.56. The van der Waals surface area contributed by atoms with Gasteiger partial charge in [0.25, 0.3) is 5.91 Å². The van der Waals surface area contributed by atoms with E-state index < -0.39 is 0 Å². The lowest BCUT2D eigenvalue weighted by Crippen LogP contribution is -2.47. The SMILES string of the molecule is Cc1nnc(SCc2c(C(=O)NCC3CN(Cc4ccccc4)CCO3)oc3ccccc23)s1. The lowest BCUT2D eigenvalue weighted by Gasteiger charge is -2.33. The molecule has 1 saturated heterocycles. The Morgan fingerprint density at radius 3 is 2.82 bits per heavy atom. The zero-order valence-corrected chi connectivity index (χ0v) is 20.5. The highest BCUT2D eigenvalue weighted by Gasteiger charge is 2.24. The number of nitrogens with one attached hydrogen (secondary N) is 1. The van der Waals surface area contributed by atoms with Crippen LogP contribution in [-0.4, -0.2) is 53.3 Å². The molecule has 1 unspecified atom stereocenters. The first-order chi connectivity index (χ1) is 16.7. The molecule has 2 aromatic heterocycles. The zero-order chi connectivity index (χ0) is 23.3. The largest absolute Gasteiger partial charge is 0.451 e. The minimum absolute atomic E-state index is 0.0621. The second-order valence-corrected chi connectivity index (χ2v) is 10.6. The maximum absolute atomic E-state index is 13.2. The van der Waals surface area contributed by atoms with Crippen molar-refractivity contribution in [1.29, 1.82) is 0 Å². The average molecular weight is 495 g/mol. The van der Waals surface area contributed by atoms with Crippen molar-refractivity contribution < 1.29 is 13.9 Å². The topological polar surface area (TPSA) is 80.5 Å². The second kappa shape index (κ2) is 10.7. The van der Waals surface area contributed by atoms with Crippen molar-refractivity contribution in [2.75, 3.05) is 26.2 Å². The molecule has 5 rings (SSSR count). The molecule has 0 aliphatic carbocycles. The molecule has 7 nitrogen and oxygen atoms in total. The van der Waals surface area contributed by atoms with Crippen molar-refractivity contribution in [3.63, 3.8) is 0 Å². The fraction of sp³-hybridized carbons (Fsp3) is 0.320. The Hall–Kier alpha value is -2.72. The number of ether oxygens (including phenoxy) is 1. The van der Waals surface area contributed by atoms with Gasteiger partial charge >= 0.3 is 0 Å². The number of aryl methyl sites for hydroxylation is 1. The van der Waals surface area contributed by atoms with Crippen LogP contribution in [0.3, 0.4) is 0 Å². The number of para-hydroxylation sites is 1.